The van der Waals surface area contributed by atoms with Gasteiger partial charge in [-0.3, -0.25) is 4.79 Å². The first kappa shape index (κ1) is 14.1. The molecule has 0 spiro atoms. The SMILES string of the molecule is CN(C)CCOc1ccc(C2CCC(=O)CC2)cc1. The normalized spacial score (nSPS) is 16.9. The fourth-order valence-corrected chi connectivity index (χ4v) is 2.46. The number of ketones is 1. The number of rotatable bonds is 5. The molecule has 0 saturated heterocycles. The number of carbonyl (C=O) groups is 1. The summed E-state index contributed by atoms with van der Waals surface area (Å²) in [5.74, 6) is 1.89. The molecule has 1 fully saturated rings. The van der Waals surface area contributed by atoms with Gasteiger partial charge in [-0.05, 0) is 50.6 Å². The molecule has 3 heteroatoms. The van der Waals surface area contributed by atoms with E-state index in [4.69, 9.17) is 4.74 Å². The number of Topliss-reactive ketones (excluding diaryl/α,β-unsaturated/α-hetero) is 1. The van der Waals surface area contributed by atoms with Crippen molar-refractivity contribution in [3.05, 3.63) is 29.8 Å². The fourth-order valence-electron chi connectivity index (χ4n) is 2.46. The predicted octanol–water partition coefficient (Wildman–Crippen LogP) is 2.85. The van der Waals surface area contributed by atoms with Gasteiger partial charge in [-0.15, -0.1) is 0 Å². The van der Waals surface area contributed by atoms with Gasteiger partial charge in [0.2, 0.25) is 0 Å². The lowest BCUT2D eigenvalue weighted by Gasteiger charge is -2.21. The highest BCUT2D eigenvalue weighted by molar-refractivity contribution is 5.79. The van der Waals surface area contributed by atoms with E-state index in [2.05, 4.69) is 17.0 Å². The molecular weight excluding hydrogens is 238 g/mol. The van der Waals surface area contributed by atoms with E-state index in [-0.39, 0.29) is 0 Å². The van der Waals surface area contributed by atoms with Crippen molar-refractivity contribution in [2.75, 3.05) is 27.2 Å². The lowest BCUT2D eigenvalue weighted by molar-refractivity contribution is -0.120. The minimum absolute atomic E-state index is 0.417. The molecule has 0 amide bonds. The monoisotopic (exact) mass is 261 g/mol. The summed E-state index contributed by atoms with van der Waals surface area (Å²) in [6, 6.07) is 8.37. The quantitative estimate of drug-likeness (QED) is 0.816. The van der Waals surface area contributed by atoms with Crippen LogP contribution in [0.5, 0.6) is 5.75 Å². The standard InChI is InChI=1S/C16H23NO2/c1-17(2)11-12-19-16-9-5-14(6-10-16)13-3-7-15(18)8-4-13/h5-6,9-10,13H,3-4,7-8,11-12H2,1-2H3. The third-order valence-corrected chi connectivity index (χ3v) is 3.70. The van der Waals surface area contributed by atoms with E-state index in [0.717, 1.165) is 38.0 Å². The summed E-state index contributed by atoms with van der Waals surface area (Å²) in [6.45, 7) is 1.64. The second-order valence-corrected chi connectivity index (χ2v) is 5.53. The van der Waals surface area contributed by atoms with Gasteiger partial charge in [0.05, 0.1) is 0 Å². The highest BCUT2D eigenvalue weighted by Crippen LogP contribution is 2.31. The van der Waals surface area contributed by atoms with Crippen LogP contribution >= 0.6 is 0 Å². The first-order valence-electron chi connectivity index (χ1n) is 7.04. The maximum absolute atomic E-state index is 11.2. The van der Waals surface area contributed by atoms with Crippen LogP contribution in [0.15, 0.2) is 24.3 Å². The number of hydrogen-bond acceptors (Lipinski definition) is 3. The Balaban J connectivity index is 1.85. The van der Waals surface area contributed by atoms with Gasteiger partial charge in [0.15, 0.2) is 0 Å². The Bertz CT molecular complexity index is 401. The summed E-state index contributed by atoms with van der Waals surface area (Å²) in [5, 5.41) is 0. The molecule has 1 saturated carbocycles. The first-order valence-corrected chi connectivity index (χ1v) is 7.04. The Morgan fingerprint density at radius 1 is 1.16 bits per heavy atom. The van der Waals surface area contributed by atoms with Crippen LogP contribution in [-0.4, -0.2) is 37.9 Å². The molecule has 0 heterocycles. The molecule has 0 atom stereocenters. The second kappa shape index (κ2) is 6.71. The zero-order valence-electron chi connectivity index (χ0n) is 11.9. The van der Waals surface area contributed by atoms with Gasteiger partial charge in [0.25, 0.3) is 0 Å². The van der Waals surface area contributed by atoms with Crippen LogP contribution in [-0.2, 0) is 4.79 Å². The summed E-state index contributed by atoms with van der Waals surface area (Å²) >= 11 is 0. The van der Waals surface area contributed by atoms with Gasteiger partial charge >= 0.3 is 0 Å². The molecule has 3 nitrogen and oxygen atoms in total. The topological polar surface area (TPSA) is 29.5 Å². The smallest absolute Gasteiger partial charge is 0.132 e. The van der Waals surface area contributed by atoms with E-state index < -0.39 is 0 Å². The van der Waals surface area contributed by atoms with Gasteiger partial charge in [-0.25, -0.2) is 0 Å². The van der Waals surface area contributed by atoms with Crippen molar-refractivity contribution in [1.29, 1.82) is 0 Å². The summed E-state index contributed by atoms with van der Waals surface area (Å²) < 4.78 is 5.68. The molecule has 2 rings (SSSR count). The lowest BCUT2D eigenvalue weighted by Crippen LogP contribution is -2.19. The van der Waals surface area contributed by atoms with Crippen LogP contribution in [0.25, 0.3) is 0 Å². The number of likely N-dealkylation sites (N-methyl/N-ethyl adjacent to an activating group) is 1. The Morgan fingerprint density at radius 3 is 2.37 bits per heavy atom. The number of carbonyl (C=O) groups excluding carboxylic acids is 1. The molecule has 1 aromatic rings. The average Bonchev–Trinajstić information content (AvgIpc) is 2.40. The molecular formula is C16H23NO2. The fraction of sp³-hybridized carbons (Fsp3) is 0.562. The largest absolute Gasteiger partial charge is 0.492 e. The van der Waals surface area contributed by atoms with E-state index in [1.54, 1.807) is 0 Å². The molecule has 0 aliphatic heterocycles. The van der Waals surface area contributed by atoms with Crippen LogP contribution < -0.4 is 4.74 Å². The Kier molecular flexibility index (Phi) is 4.97. The van der Waals surface area contributed by atoms with Gasteiger partial charge in [-0.1, -0.05) is 12.1 Å². The third kappa shape index (κ3) is 4.35. The van der Waals surface area contributed by atoms with Crippen LogP contribution in [0.4, 0.5) is 0 Å². The van der Waals surface area contributed by atoms with Crippen molar-refractivity contribution < 1.29 is 9.53 Å². The Morgan fingerprint density at radius 2 is 1.79 bits per heavy atom. The second-order valence-electron chi connectivity index (χ2n) is 5.53. The summed E-state index contributed by atoms with van der Waals surface area (Å²) in [5.41, 5.74) is 1.34. The van der Waals surface area contributed by atoms with Crippen LogP contribution in [0.1, 0.15) is 37.2 Å². The summed E-state index contributed by atoms with van der Waals surface area (Å²) in [6.07, 6.45) is 3.48. The molecule has 0 unspecified atom stereocenters. The van der Waals surface area contributed by atoms with Crippen molar-refractivity contribution in [3.63, 3.8) is 0 Å². The van der Waals surface area contributed by atoms with Gasteiger partial charge in [-0.2, -0.15) is 0 Å². The molecule has 19 heavy (non-hydrogen) atoms. The Hall–Kier alpha value is -1.35. The zero-order chi connectivity index (χ0) is 13.7. The molecule has 104 valence electrons. The minimum atomic E-state index is 0.417. The molecule has 1 aliphatic rings. The van der Waals surface area contributed by atoms with Crippen molar-refractivity contribution >= 4 is 5.78 Å². The minimum Gasteiger partial charge on any atom is -0.492 e. The third-order valence-electron chi connectivity index (χ3n) is 3.70. The van der Waals surface area contributed by atoms with Crippen LogP contribution in [0.2, 0.25) is 0 Å². The average molecular weight is 261 g/mol. The lowest BCUT2D eigenvalue weighted by atomic mass is 9.83. The maximum atomic E-state index is 11.2. The zero-order valence-corrected chi connectivity index (χ0v) is 11.9. The van der Waals surface area contributed by atoms with Crippen molar-refractivity contribution in [1.82, 2.24) is 4.90 Å². The maximum Gasteiger partial charge on any atom is 0.132 e. The van der Waals surface area contributed by atoms with E-state index in [1.807, 2.05) is 26.2 Å². The first-order chi connectivity index (χ1) is 9.15. The molecule has 0 aromatic heterocycles. The number of nitrogens with zero attached hydrogens (tertiary/aromatic N) is 1. The molecule has 0 radical (unpaired) electrons. The summed E-state index contributed by atoms with van der Waals surface area (Å²) in [7, 11) is 4.08. The van der Waals surface area contributed by atoms with Gasteiger partial charge < -0.3 is 9.64 Å². The predicted molar refractivity (Wildman–Crippen MR) is 76.7 cm³/mol. The highest BCUT2D eigenvalue weighted by atomic mass is 16.5. The Labute approximate surface area is 115 Å². The van der Waals surface area contributed by atoms with Crippen molar-refractivity contribution in [2.24, 2.45) is 0 Å². The van der Waals surface area contributed by atoms with E-state index in [0.29, 0.717) is 18.3 Å². The number of benzene rings is 1. The van der Waals surface area contributed by atoms with Gasteiger partial charge in [0.1, 0.15) is 18.1 Å². The molecule has 0 bridgehead atoms. The number of hydrogen-bond donors (Lipinski definition) is 0. The van der Waals surface area contributed by atoms with Crippen LogP contribution in [0.3, 0.4) is 0 Å². The number of ether oxygens (including phenoxy) is 1. The van der Waals surface area contributed by atoms with Crippen LogP contribution in [0, 0.1) is 0 Å². The van der Waals surface area contributed by atoms with Crippen molar-refractivity contribution in [2.45, 2.75) is 31.6 Å². The van der Waals surface area contributed by atoms with Gasteiger partial charge in [0, 0.05) is 19.4 Å². The molecule has 1 aromatic carbocycles. The van der Waals surface area contributed by atoms with E-state index in [9.17, 15) is 4.79 Å². The molecule has 1 aliphatic carbocycles. The molecule has 0 N–H and O–H groups in total. The van der Waals surface area contributed by atoms with E-state index >= 15 is 0 Å². The van der Waals surface area contributed by atoms with Crippen molar-refractivity contribution in [3.8, 4) is 5.75 Å². The van der Waals surface area contributed by atoms with E-state index in [1.165, 1.54) is 5.56 Å². The highest BCUT2D eigenvalue weighted by Gasteiger charge is 2.19. The summed E-state index contributed by atoms with van der Waals surface area (Å²) in [4.78, 5) is 13.3.